The fraction of sp³-hybridized carbons (Fsp3) is 0.875. The molecule has 0 bridgehead atoms. The van der Waals surface area contributed by atoms with Crippen molar-refractivity contribution in [3.63, 3.8) is 0 Å². The Balaban J connectivity index is 1.78. The van der Waals surface area contributed by atoms with Crippen molar-refractivity contribution >= 4 is 11.8 Å². The van der Waals surface area contributed by atoms with Crippen LogP contribution < -0.4 is 5.32 Å². The van der Waals surface area contributed by atoms with Gasteiger partial charge in [-0.1, -0.05) is 6.92 Å². The van der Waals surface area contributed by atoms with Crippen molar-refractivity contribution in [2.45, 2.75) is 75.8 Å². The number of hydrogen-bond donors (Lipinski definition) is 1. The zero-order valence-corrected chi connectivity index (χ0v) is 14.0. The van der Waals surface area contributed by atoms with Crippen molar-refractivity contribution < 1.29 is 22.8 Å². The zero-order valence-electron chi connectivity index (χ0n) is 14.0. The van der Waals surface area contributed by atoms with Crippen molar-refractivity contribution in [3.05, 3.63) is 0 Å². The van der Waals surface area contributed by atoms with E-state index in [4.69, 9.17) is 0 Å². The third-order valence-corrected chi connectivity index (χ3v) is 5.61. The molecule has 0 aromatic carbocycles. The molecule has 2 saturated heterocycles. The number of amides is 2. The molecule has 2 amide bonds. The Hall–Kier alpha value is -1.31. The number of carbonyl (C=O) groups is 2. The Labute approximate surface area is 139 Å². The van der Waals surface area contributed by atoms with E-state index >= 15 is 0 Å². The predicted octanol–water partition coefficient (Wildman–Crippen LogP) is 1.67. The van der Waals surface area contributed by atoms with Crippen LogP contribution in [0.4, 0.5) is 13.2 Å². The summed E-state index contributed by atoms with van der Waals surface area (Å²) in [7, 11) is 0. The second-order valence-corrected chi connectivity index (χ2v) is 7.36. The van der Waals surface area contributed by atoms with Gasteiger partial charge in [0, 0.05) is 25.2 Å². The van der Waals surface area contributed by atoms with Crippen LogP contribution in [0.2, 0.25) is 0 Å². The fourth-order valence-corrected chi connectivity index (χ4v) is 3.99. The van der Waals surface area contributed by atoms with Gasteiger partial charge in [0.25, 0.3) is 0 Å². The third kappa shape index (κ3) is 3.00. The lowest BCUT2D eigenvalue weighted by Gasteiger charge is -2.47. The standard InChI is InChI=1S/C16H24F3N3O2/c1-3-11-8-22(14(24)16(17,18)19)15(6-7-15)9-21(11)13(23)12-5-4-10(2)20-12/h10-12,20H,3-9H2,1-2H3/t10-,11+,12-/m1/s1. The lowest BCUT2D eigenvalue weighted by Crippen LogP contribution is -2.66. The first-order chi connectivity index (χ1) is 11.2. The summed E-state index contributed by atoms with van der Waals surface area (Å²) in [6.07, 6.45) is -1.59. The van der Waals surface area contributed by atoms with E-state index in [1.54, 1.807) is 4.90 Å². The molecular formula is C16H24F3N3O2. The highest BCUT2D eigenvalue weighted by atomic mass is 19.4. The van der Waals surface area contributed by atoms with Gasteiger partial charge in [-0.25, -0.2) is 0 Å². The maximum absolute atomic E-state index is 12.9. The van der Waals surface area contributed by atoms with E-state index in [1.807, 2.05) is 13.8 Å². The highest BCUT2D eigenvalue weighted by Crippen LogP contribution is 2.47. The van der Waals surface area contributed by atoms with Crippen LogP contribution in [0.15, 0.2) is 0 Å². The number of nitrogens with one attached hydrogen (secondary N) is 1. The van der Waals surface area contributed by atoms with Gasteiger partial charge in [-0.2, -0.15) is 13.2 Å². The van der Waals surface area contributed by atoms with Crippen LogP contribution in [0.25, 0.3) is 0 Å². The summed E-state index contributed by atoms with van der Waals surface area (Å²) < 4.78 is 38.7. The highest BCUT2D eigenvalue weighted by molar-refractivity contribution is 5.85. The largest absolute Gasteiger partial charge is 0.471 e. The number of halogens is 3. The van der Waals surface area contributed by atoms with Crippen LogP contribution in [-0.2, 0) is 9.59 Å². The van der Waals surface area contributed by atoms with Gasteiger partial charge in [0.05, 0.1) is 11.6 Å². The topological polar surface area (TPSA) is 52.7 Å². The Morgan fingerprint density at radius 2 is 1.92 bits per heavy atom. The second kappa shape index (κ2) is 5.89. The Bertz CT molecular complexity index is 533. The second-order valence-electron chi connectivity index (χ2n) is 7.36. The molecule has 3 fully saturated rings. The first-order valence-corrected chi connectivity index (χ1v) is 8.63. The van der Waals surface area contributed by atoms with E-state index < -0.39 is 17.6 Å². The maximum Gasteiger partial charge on any atom is 0.471 e. The normalized spacial score (nSPS) is 32.3. The van der Waals surface area contributed by atoms with Gasteiger partial charge in [-0.15, -0.1) is 0 Å². The molecule has 3 aliphatic rings. The minimum absolute atomic E-state index is 0.0249. The average molecular weight is 347 g/mol. The van der Waals surface area contributed by atoms with E-state index in [0.717, 1.165) is 17.7 Å². The Kier molecular flexibility index (Phi) is 4.30. The van der Waals surface area contributed by atoms with E-state index in [0.29, 0.717) is 19.3 Å². The van der Waals surface area contributed by atoms with Crippen LogP contribution in [0.5, 0.6) is 0 Å². The van der Waals surface area contributed by atoms with Crippen molar-refractivity contribution in [1.29, 1.82) is 0 Å². The molecule has 2 heterocycles. The number of hydrogen-bond acceptors (Lipinski definition) is 3. The summed E-state index contributed by atoms with van der Waals surface area (Å²) in [6, 6.07) is -0.329. The average Bonchev–Trinajstić information content (AvgIpc) is 3.15. The number of alkyl halides is 3. The molecule has 8 heteroatoms. The predicted molar refractivity (Wildman–Crippen MR) is 81.1 cm³/mol. The Morgan fingerprint density at radius 1 is 1.25 bits per heavy atom. The third-order valence-electron chi connectivity index (χ3n) is 5.61. The van der Waals surface area contributed by atoms with Crippen molar-refractivity contribution in [2.24, 2.45) is 0 Å². The van der Waals surface area contributed by atoms with E-state index in [-0.39, 0.29) is 37.1 Å². The zero-order chi connectivity index (χ0) is 17.7. The molecule has 3 atom stereocenters. The molecule has 0 unspecified atom stereocenters. The molecule has 1 saturated carbocycles. The molecule has 24 heavy (non-hydrogen) atoms. The van der Waals surface area contributed by atoms with Crippen LogP contribution in [-0.4, -0.2) is 64.5 Å². The summed E-state index contributed by atoms with van der Waals surface area (Å²) in [5.74, 6) is -1.80. The number of nitrogens with zero attached hydrogens (tertiary/aromatic N) is 2. The molecular weight excluding hydrogens is 323 g/mol. The first kappa shape index (κ1) is 17.5. The number of carbonyl (C=O) groups excluding carboxylic acids is 2. The number of piperazine rings is 1. The lowest BCUT2D eigenvalue weighted by atomic mass is 10.0. The van der Waals surface area contributed by atoms with E-state index in [9.17, 15) is 22.8 Å². The van der Waals surface area contributed by atoms with Crippen molar-refractivity contribution in [3.8, 4) is 0 Å². The van der Waals surface area contributed by atoms with Gasteiger partial charge < -0.3 is 15.1 Å². The molecule has 1 aliphatic carbocycles. The first-order valence-electron chi connectivity index (χ1n) is 8.63. The summed E-state index contributed by atoms with van der Waals surface area (Å²) in [5.41, 5.74) is -0.807. The minimum Gasteiger partial charge on any atom is -0.334 e. The molecule has 3 rings (SSSR count). The molecule has 0 aromatic heterocycles. The van der Waals surface area contributed by atoms with E-state index in [2.05, 4.69) is 5.32 Å². The minimum atomic E-state index is -4.86. The van der Waals surface area contributed by atoms with E-state index in [1.165, 1.54) is 0 Å². The molecule has 5 nitrogen and oxygen atoms in total. The van der Waals surface area contributed by atoms with Crippen LogP contribution in [0.1, 0.15) is 46.0 Å². The molecule has 0 aromatic rings. The molecule has 1 N–H and O–H groups in total. The molecule has 136 valence electrons. The van der Waals surface area contributed by atoms with Crippen molar-refractivity contribution in [2.75, 3.05) is 13.1 Å². The van der Waals surface area contributed by atoms with Gasteiger partial charge in [0.1, 0.15) is 0 Å². The quantitative estimate of drug-likeness (QED) is 0.827. The SMILES string of the molecule is CC[C@H]1CN(C(=O)C(F)(F)F)C2(CC2)CN1C(=O)[C@H]1CC[C@@H](C)N1. The van der Waals surface area contributed by atoms with Crippen molar-refractivity contribution in [1.82, 2.24) is 15.1 Å². The summed E-state index contributed by atoms with van der Waals surface area (Å²) in [4.78, 5) is 27.3. The van der Waals surface area contributed by atoms with Gasteiger partial charge in [0.15, 0.2) is 0 Å². The summed E-state index contributed by atoms with van der Waals surface area (Å²) >= 11 is 0. The van der Waals surface area contributed by atoms with Crippen LogP contribution in [0.3, 0.4) is 0 Å². The molecule has 2 aliphatic heterocycles. The molecule has 0 radical (unpaired) electrons. The monoisotopic (exact) mass is 347 g/mol. The van der Waals surface area contributed by atoms with Crippen LogP contribution >= 0.6 is 0 Å². The summed E-state index contributed by atoms with van der Waals surface area (Å²) in [6.45, 7) is 4.06. The summed E-state index contributed by atoms with van der Waals surface area (Å²) in [5, 5.41) is 3.25. The van der Waals surface area contributed by atoms with Gasteiger partial charge in [-0.05, 0) is 39.0 Å². The highest BCUT2D eigenvalue weighted by Gasteiger charge is 2.60. The van der Waals surface area contributed by atoms with Gasteiger partial charge in [0.2, 0.25) is 5.91 Å². The maximum atomic E-state index is 12.9. The van der Waals surface area contributed by atoms with Gasteiger partial charge >= 0.3 is 12.1 Å². The fourth-order valence-electron chi connectivity index (χ4n) is 3.99. The Morgan fingerprint density at radius 3 is 2.38 bits per heavy atom. The lowest BCUT2D eigenvalue weighted by molar-refractivity contribution is -0.193. The smallest absolute Gasteiger partial charge is 0.334 e. The molecule has 1 spiro atoms. The van der Waals surface area contributed by atoms with Crippen LogP contribution in [0, 0.1) is 0 Å². The van der Waals surface area contributed by atoms with Gasteiger partial charge in [-0.3, -0.25) is 9.59 Å². The number of rotatable bonds is 2.